The maximum Gasteiger partial charge on any atom is 0.321 e. The van der Waals surface area contributed by atoms with Crippen molar-refractivity contribution in [2.45, 2.75) is 38.6 Å². The van der Waals surface area contributed by atoms with Gasteiger partial charge in [-0.05, 0) is 26.2 Å². The lowest BCUT2D eigenvalue weighted by atomic mass is 9.86. The van der Waals surface area contributed by atoms with Gasteiger partial charge in [0.15, 0.2) is 0 Å². The van der Waals surface area contributed by atoms with Crippen molar-refractivity contribution in [1.82, 2.24) is 14.7 Å². The van der Waals surface area contributed by atoms with E-state index in [0.29, 0.717) is 23.8 Å². The molecule has 0 radical (unpaired) electrons. The van der Waals surface area contributed by atoms with Crippen LogP contribution in [-0.4, -0.2) is 32.5 Å². The molecule has 0 spiro atoms. The van der Waals surface area contributed by atoms with Crippen molar-refractivity contribution in [3.05, 3.63) is 5.82 Å². The Morgan fingerprint density at radius 2 is 2.21 bits per heavy atom. The van der Waals surface area contributed by atoms with E-state index < -0.39 is 5.97 Å². The molecule has 0 saturated heterocycles. The molecule has 0 aliphatic heterocycles. The van der Waals surface area contributed by atoms with Gasteiger partial charge in [-0.15, -0.1) is 0 Å². The molecular weight excluding hydrogens is 268 g/mol. The van der Waals surface area contributed by atoms with Gasteiger partial charge in [-0.25, -0.2) is 9.78 Å². The third-order valence-electron chi connectivity index (χ3n) is 3.11. The highest BCUT2D eigenvalue weighted by Crippen LogP contribution is 2.24. The van der Waals surface area contributed by atoms with E-state index >= 15 is 0 Å². The van der Waals surface area contributed by atoms with Gasteiger partial charge in [0, 0.05) is 17.6 Å². The summed E-state index contributed by atoms with van der Waals surface area (Å²) in [5.74, 6) is -0.529. The predicted molar refractivity (Wildman–Crippen MR) is 70.2 cm³/mol. The molecule has 104 valence electrons. The minimum atomic E-state index is -0.786. The van der Waals surface area contributed by atoms with E-state index in [1.807, 2.05) is 0 Å². The molecule has 1 aliphatic rings. The van der Waals surface area contributed by atoms with Gasteiger partial charge in [0.2, 0.25) is 5.13 Å². The number of urea groups is 1. The molecule has 2 amide bonds. The minimum Gasteiger partial charge on any atom is -0.481 e. The molecule has 1 fully saturated rings. The second-order valence-corrected chi connectivity index (χ2v) is 5.40. The van der Waals surface area contributed by atoms with Crippen molar-refractivity contribution >= 4 is 28.7 Å². The van der Waals surface area contributed by atoms with Crippen LogP contribution in [0.1, 0.15) is 31.5 Å². The fraction of sp³-hybridized carbons (Fsp3) is 0.636. The largest absolute Gasteiger partial charge is 0.481 e. The Bertz CT molecular complexity index is 476. The van der Waals surface area contributed by atoms with Gasteiger partial charge in [-0.2, -0.15) is 4.37 Å². The fourth-order valence-corrected chi connectivity index (χ4v) is 2.78. The van der Waals surface area contributed by atoms with E-state index in [0.717, 1.165) is 24.4 Å². The zero-order valence-electron chi connectivity index (χ0n) is 10.5. The Balaban J connectivity index is 1.83. The van der Waals surface area contributed by atoms with Gasteiger partial charge in [-0.1, -0.05) is 6.42 Å². The monoisotopic (exact) mass is 284 g/mol. The van der Waals surface area contributed by atoms with Crippen molar-refractivity contribution in [3.63, 3.8) is 0 Å². The Morgan fingerprint density at radius 3 is 2.84 bits per heavy atom. The average molecular weight is 284 g/mol. The van der Waals surface area contributed by atoms with Gasteiger partial charge >= 0.3 is 12.0 Å². The summed E-state index contributed by atoms with van der Waals surface area (Å²) in [6.45, 7) is 1.75. The molecule has 1 aromatic heterocycles. The van der Waals surface area contributed by atoms with Crippen LogP contribution in [0.25, 0.3) is 0 Å². The number of nitrogens with zero attached hydrogens (tertiary/aromatic N) is 2. The first-order chi connectivity index (χ1) is 9.04. The van der Waals surface area contributed by atoms with Crippen LogP contribution in [0.4, 0.5) is 9.93 Å². The van der Waals surface area contributed by atoms with Crippen molar-refractivity contribution in [3.8, 4) is 0 Å². The molecule has 19 heavy (non-hydrogen) atoms. The number of carboxylic acid groups (broad SMARTS) is 1. The number of carboxylic acids is 1. The quantitative estimate of drug-likeness (QED) is 0.782. The highest BCUT2D eigenvalue weighted by atomic mass is 32.1. The first-order valence-corrected chi connectivity index (χ1v) is 6.92. The second-order valence-electron chi connectivity index (χ2n) is 4.64. The number of aromatic nitrogens is 2. The van der Waals surface area contributed by atoms with E-state index in [1.54, 1.807) is 6.92 Å². The Kier molecular flexibility index (Phi) is 4.31. The van der Waals surface area contributed by atoms with Gasteiger partial charge in [0.1, 0.15) is 5.82 Å². The molecule has 0 bridgehead atoms. The van der Waals surface area contributed by atoms with Crippen LogP contribution in [0, 0.1) is 12.8 Å². The standard InChI is InChI=1S/C11H16N4O3S/c1-6-12-11(19-15-6)14-10(18)13-8-4-2-3-7(5-8)9(16)17/h7-8H,2-5H2,1H3,(H,16,17)(H2,12,13,14,15,18). The number of hydrogen-bond acceptors (Lipinski definition) is 5. The number of nitrogens with one attached hydrogen (secondary N) is 2. The van der Waals surface area contributed by atoms with Gasteiger partial charge in [-0.3, -0.25) is 10.1 Å². The molecule has 1 aliphatic carbocycles. The molecule has 1 aromatic rings. The minimum absolute atomic E-state index is 0.0936. The van der Waals surface area contributed by atoms with E-state index in [-0.39, 0.29) is 18.0 Å². The normalized spacial score (nSPS) is 22.8. The molecule has 3 N–H and O–H groups in total. The lowest BCUT2D eigenvalue weighted by molar-refractivity contribution is -0.143. The Morgan fingerprint density at radius 1 is 1.42 bits per heavy atom. The third kappa shape index (κ3) is 3.88. The number of aryl methyl sites for hydroxylation is 1. The number of hydrogen-bond donors (Lipinski definition) is 3. The topological polar surface area (TPSA) is 104 Å². The number of carbonyl (C=O) groups excluding carboxylic acids is 1. The molecular formula is C11H16N4O3S. The highest BCUT2D eigenvalue weighted by molar-refractivity contribution is 7.09. The number of anilines is 1. The van der Waals surface area contributed by atoms with Crippen LogP contribution in [0.15, 0.2) is 0 Å². The smallest absolute Gasteiger partial charge is 0.321 e. The van der Waals surface area contributed by atoms with Crippen LogP contribution in [0.2, 0.25) is 0 Å². The SMILES string of the molecule is Cc1nsc(NC(=O)NC2CCCC(C(=O)O)C2)n1. The average Bonchev–Trinajstić information content (AvgIpc) is 2.74. The van der Waals surface area contributed by atoms with Gasteiger partial charge in [0.05, 0.1) is 5.92 Å². The third-order valence-corrected chi connectivity index (χ3v) is 3.83. The van der Waals surface area contributed by atoms with Crippen LogP contribution >= 0.6 is 11.5 Å². The molecule has 2 atom stereocenters. The summed E-state index contributed by atoms with van der Waals surface area (Å²) in [4.78, 5) is 26.7. The first kappa shape index (κ1) is 13.7. The molecule has 0 aromatic carbocycles. The van der Waals surface area contributed by atoms with Crippen molar-refractivity contribution in [2.24, 2.45) is 5.92 Å². The summed E-state index contributed by atoms with van der Waals surface area (Å²) in [6.07, 6.45) is 2.80. The van der Waals surface area contributed by atoms with Crippen molar-refractivity contribution < 1.29 is 14.7 Å². The maximum absolute atomic E-state index is 11.7. The lowest BCUT2D eigenvalue weighted by Gasteiger charge is -2.27. The number of carbonyl (C=O) groups is 2. The Labute approximate surface area is 114 Å². The summed E-state index contributed by atoms with van der Waals surface area (Å²) < 4.78 is 3.96. The first-order valence-electron chi connectivity index (χ1n) is 6.15. The Hall–Kier alpha value is -1.70. The van der Waals surface area contributed by atoms with E-state index in [9.17, 15) is 9.59 Å². The summed E-state index contributed by atoms with van der Waals surface area (Å²) in [5.41, 5.74) is 0. The molecule has 2 rings (SSSR count). The number of amides is 2. The molecule has 1 saturated carbocycles. The maximum atomic E-state index is 11.7. The zero-order chi connectivity index (χ0) is 13.8. The van der Waals surface area contributed by atoms with E-state index in [4.69, 9.17) is 5.11 Å². The molecule has 7 nitrogen and oxygen atoms in total. The molecule has 1 heterocycles. The van der Waals surface area contributed by atoms with Crippen LogP contribution in [-0.2, 0) is 4.79 Å². The highest BCUT2D eigenvalue weighted by Gasteiger charge is 2.27. The summed E-state index contributed by atoms with van der Waals surface area (Å²) in [5, 5.41) is 14.8. The fourth-order valence-electron chi connectivity index (χ4n) is 2.21. The van der Waals surface area contributed by atoms with Crippen LogP contribution in [0.3, 0.4) is 0 Å². The predicted octanol–water partition coefficient (Wildman–Crippen LogP) is 1.61. The molecule has 2 unspecified atom stereocenters. The van der Waals surface area contributed by atoms with Crippen LogP contribution in [0.5, 0.6) is 0 Å². The van der Waals surface area contributed by atoms with Crippen LogP contribution < -0.4 is 10.6 Å². The number of aliphatic carboxylic acids is 1. The van der Waals surface area contributed by atoms with Gasteiger partial charge in [0.25, 0.3) is 0 Å². The molecule has 8 heteroatoms. The second kappa shape index (κ2) is 5.96. The number of rotatable bonds is 3. The van der Waals surface area contributed by atoms with E-state index in [2.05, 4.69) is 20.0 Å². The lowest BCUT2D eigenvalue weighted by Crippen LogP contribution is -2.42. The summed E-state index contributed by atoms with van der Waals surface area (Å²) in [7, 11) is 0. The van der Waals surface area contributed by atoms with Crippen molar-refractivity contribution in [1.29, 1.82) is 0 Å². The van der Waals surface area contributed by atoms with Gasteiger partial charge < -0.3 is 10.4 Å². The van der Waals surface area contributed by atoms with E-state index in [1.165, 1.54) is 0 Å². The summed E-state index contributed by atoms with van der Waals surface area (Å²) >= 11 is 1.12. The van der Waals surface area contributed by atoms with Crippen molar-refractivity contribution in [2.75, 3.05) is 5.32 Å². The summed E-state index contributed by atoms with van der Waals surface area (Å²) in [6, 6.07) is -0.448. The zero-order valence-corrected chi connectivity index (χ0v) is 11.4.